The molecule has 1 spiro atoms. The van der Waals surface area contributed by atoms with E-state index in [1.807, 2.05) is 26.0 Å². The number of alkyl halides is 1. The predicted octanol–water partition coefficient (Wildman–Crippen LogP) is 5.82. The Bertz CT molecular complexity index is 1090. The zero-order valence-electron chi connectivity index (χ0n) is 20.8. The lowest BCUT2D eigenvalue weighted by Gasteiger charge is -2.46. The zero-order valence-corrected chi connectivity index (χ0v) is 20.8. The number of hydrogen-bond donors (Lipinski definition) is 1. The van der Waals surface area contributed by atoms with E-state index in [0.29, 0.717) is 18.5 Å². The van der Waals surface area contributed by atoms with Gasteiger partial charge in [-0.3, -0.25) is 9.80 Å². The van der Waals surface area contributed by atoms with Crippen molar-refractivity contribution in [2.45, 2.75) is 70.8 Å². The lowest BCUT2D eigenvalue weighted by atomic mass is 9.83. The number of carbonyl (C=O) groups excluding carboxylic acids is 1. The van der Waals surface area contributed by atoms with E-state index in [-0.39, 0.29) is 23.9 Å². The minimum atomic E-state index is -0.605. The molecular formula is C27H34F2N4O2. The van der Waals surface area contributed by atoms with Gasteiger partial charge in [0.25, 0.3) is 0 Å². The number of hydrogen-bond acceptors (Lipinski definition) is 4. The number of ether oxygens (including phenoxy) is 1. The maximum absolute atomic E-state index is 14.8. The van der Waals surface area contributed by atoms with Gasteiger partial charge in [0.1, 0.15) is 18.2 Å². The number of nitrogens with zero attached hydrogens (tertiary/aromatic N) is 3. The van der Waals surface area contributed by atoms with Crippen LogP contribution < -0.4 is 15.0 Å². The molecule has 1 unspecified atom stereocenters. The van der Waals surface area contributed by atoms with Gasteiger partial charge in [0.2, 0.25) is 0 Å². The zero-order chi connectivity index (χ0) is 25.2. The van der Waals surface area contributed by atoms with Gasteiger partial charge in [-0.1, -0.05) is 12.1 Å². The number of benzene rings is 2. The summed E-state index contributed by atoms with van der Waals surface area (Å²) in [4.78, 5) is 20.9. The van der Waals surface area contributed by atoms with Crippen molar-refractivity contribution < 1.29 is 18.3 Å². The van der Waals surface area contributed by atoms with Gasteiger partial charge in [-0.25, -0.2) is 18.6 Å². The Balaban J connectivity index is 1.49. The number of rotatable bonds is 8. The van der Waals surface area contributed by atoms with Crippen molar-refractivity contribution in [2.24, 2.45) is 4.99 Å². The predicted molar refractivity (Wildman–Crippen MR) is 136 cm³/mol. The third kappa shape index (κ3) is 5.48. The molecule has 2 amide bonds. The monoisotopic (exact) mass is 484 g/mol. The summed E-state index contributed by atoms with van der Waals surface area (Å²) in [5, 5.41) is 2.81. The van der Waals surface area contributed by atoms with E-state index in [1.54, 1.807) is 30.2 Å². The number of amides is 2. The molecule has 0 radical (unpaired) electrons. The van der Waals surface area contributed by atoms with Crippen molar-refractivity contribution >= 4 is 23.6 Å². The van der Waals surface area contributed by atoms with Crippen molar-refractivity contribution in [1.29, 1.82) is 0 Å². The van der Waals surface area contributed by atoms with E-state index in [0.717, 1.165) is 18.8 Å². The maximum atomic E-state index is 14.8. The number of urea groups is 1. The van der Waals surface area contributed by atoms with Crippen LogP contribution in [0.15, 0.2) is 47.5 Å². The average Bonchev–Trinajstić information content (AvgIpc) is 3.12. The molecule has 0 saturated carbocycles. The largest absolute Gasteiger partial charge is 0.491 e. The molecule has 1 fully saturated rings. The molecule has 0 bridgehead atoms. The van der Waals surface area contributed by atoms with Crippen LogP contribution in [-0.4, -0.2) is 54.1 Å². The second-order valence-electron chi connectivity index (χ2n) is 9.93. The van der Waals surface area contributed by atoms with Crippen molar-refractivity contribution in [2.75, 3.05) is 23.4 Å². The molecular weight excluding hydrogens is 450 g/mol. The fourth-order valence-corrected chi connectivity index (χ4v) is 4.99. The number of piperidine rings is 1. The van der Waals surface area contributed by atoms with Crippen LogP contribution in [0.2, 0.25) is 0 Å². The van der Waals surface area contributed by atoms with Crippen molar-refractivity contribution in [3.63, 3.8) is 0 Å². The highest BCUT2D eigenvalue weighted by molar-refractivity contribution is 6.08. The molecule has 2 aromatic carbocycles. The van der Waals surface area contributed by atoms with Crippen LogP contribution in [0, 0.1) is 5.82 Å². The summed E-state index contributed by atoms with van der Waals surface area (Å²) in [6, 6.07) is 12.0. The quantitative estimate of drug-likeness (QED) is 0.513. The highest BCUT2D eigenvalue weighted by atomic mass is 19.1. The molecule has 4 rings (SSSR count). The number of aliphatic imine (C=N–C) groups is 1. The van der Waals surface area contributed by atoms with Gasteiger partial charge in [-0.05, 0) is 76.4 Å². The summed E-state index contributed by atoms with van der Waals surface area (Å²) >= 11 is 0. The fourth-order valence-electron chi connectivity index (χ4n) is 4.99. The Morgan fingerprint density at radius 2 is 2.03 bits per heavy atom. The Kier molecular flexibility index (Phi) is 7.40. The minimum Gasteiger partial charge on any atom is -0.491 e. The van der Waals surface area contributed by atoms with Crippen molar-refractivity contribution in [3.05, 3.63) is 53.8 Å². The highest BCUT2D eigenvalue weighted by Gasteiger charge is 2.48. The van der Waals surface area contributed by atoms with Gasteiger partial charge >= 0.3 is 6.03 Å². The lowest BCUT2D eigenvalue weighted by molar-refractivity contribution is 0.124. The van der Waals surface area contributed by atoms with E-state index in [4.69, 9.17) is 4.74 Å². The summed E-state index contributed by atoms with van der Waals surface area (Å²) in [7, 11) is 0. The molecule has 0 aliphatic carbocycles. The molecule has 2 aliphatic heterocycles. The Morgan fingerprint density at radius 3 is 2.71 bits per heavy atom. The minimum absolute atomic E-state index is 0.117. The van der Waals surface area contributed by atoms with Crippen LogP contribution in [0.25, 0.3) is 0 Å². The molecule has 35 heavy (non-hydrogen) atoms. The fraction of sp³-hybridized carbons (Fsp3) is 0.481. The van der Waals surface area contributed by atoms with E-state index in [2.05, 4.69) is 34.3 Å². The van der Waals surface area contributed by atoms with Gasteiger partial charge in [0, 0.05) is 31.0 Å². The van der Waals surface area contributed by atoms with Crippen LogP contribution in [0.4, 0.5) is 25.0 Å². The summed E-state index contributed by atoms with van der Waals surface area (Å²) in [6.45, 7) is 8.75. The van der Waals surface area contributed by atoms with Gasteiger partial charge in [-0.15, -0.1) is 0 Å². The standard InChI is InChI=1S/C27H34F2N4O2/c1-18(2)35-23-7-5-6-21(12-23)16-32-11-10-27(14-20(32)4)17-30-26(34)33(27)22-8-9-25(24(29)13-22)31-19(3)15-28/h5-9,12-13,17-20,31H,10-11,14-16H2,1-4H3/t19?,20-,27+/m1/s1. The summed E-state index contributed by atoms with van der Waals surface area (Å²) in [6.07, 6.45) is 3.22. The second kappa shape index (κ2) is 10.3. The normalized spacial score (nSPS) is 23.3. The van der Waals surface area contributed by atoms with Gasteiger partial charge in [-0.2, -0.15) is 0 Å². The highest BCUT2D eigenvalue weighted by Crippen LogP contribution is 2.39. The number of halogens is 2. The number of likely N-dealkylation sites (tertiary alicyclic amines) is 1. The first kappa shape index (κ1) is 25.1. The first-order valence-electron chi connectivity index (χ1n) is 12.2. The smallest absolute Gasteiger partial charge is 0.348 e. The Morgan fingerprint density at radius 1 is 1.23 bits per heavy atom. The van der Waals surface area contributed by atoms with E-state index in [9.17, 15) is 13.6 Å². The van der Waals surface area contributed by atoms with Gasteiger partial charge in [0.15, 0.2) is 0 Å². The first-order chi connectivity index (χ1) is 16.7. The second-order valence-corrected chi connectivity index (χ2v) is 9.93. The van der Waals surface area contributed by atoms with Gasteiger partial charge < -0.3 is 10.1 Å². The molecule has 1 N–H and O–H groups in total. The van der Waals surface area contributed by atoms with Crippen LogP contribution in [0.5, 0.6) is 5.75 Å². The summed E-state index contributed by atoms with van der Waals surface area (Å²) in [5.41, 5.74) is 1.25. The topological polar surface area (TPSA) is 57.2 Å². The third-order valence-corrected chi connectivity index (χ3v) is 6.66. The SMILES string of the molecule is CC(CF)Nc1ccc(N2C(=O)N=C[C@@]23CCN(Cc2cccc(OC(C)C)c2)[C@H](C)C3)cc1F. The molecule has 6 nitrogen and oxygen atoms in total. The van der Waals surface area contributed by atoms with Gasteiger partial charge in [0.05, 0.1) is 23.4 Å². The molecule has 2 aliphatic rings. The van der Waals surface area contributed by atoms with Crippen LogP contribution in [0.1, 0.15) is 46.1 Å². The molecule has 188 valence electrons. The number of anilines is 2. The van der Waals surface area contributed by atoms with Crippen molar-refractivity contribution in [1.82, 2.24) is 4.90 Å². The molecule has 3 atom stereocenters. The Labute approximate surface area is 206 Å². The molecule has 2 aromatic rings. The Hall–Kier alpha value is -3.00. The van der Waals surface area contributed by atoms with Crippen molar-refractivity contribution in [3.8, 4) is 5.75 Å². The van der Waals surface area contributed by atoms with E-state index < -0.39 is 24.1 Å². The first-order valence-corrected chi connectivity index (χ1v) is 12.2. The third-order valence-electron chi connectivity index (χ3n) is 6.66. The molecule has 1 saturated heterocycles. The molecule has 2 heterocycles. The van der Waals surface area contributed by atoms with Crippen LogP contribution in [-0.2, 0) is 6.54 Å². The number of carbonyl (C=O) groups is 1. The molecule has 8 heteroatoms. The molecule has 0 aromatic heterocycles. The summed E-state index contributed by atoms with van der Waals surface area (Å²) in [5.74, 6) is 0.339. The average molecular weight is 485 g/mol. The summed E-state index contributed by atoms with van der Waals surface area (Å²) < 4.78 is 33.5. The van der Waals surface area contributed by atoms with Crippen LogP contribution in [0.3, 0.4) is 0 Å². The number of nitrogens with one attached hydrogen (secondary N) is 1. The van der Waals surface area contributed by atoms with Crippen LogP contribution >= 0.6 is 0 Å². The van der Waals surface area contributed by atoms with E-state index >= 15 is 0 Å². The maximum Gasteiger partial charge on any atom is 0.348 e. The van der Waals surface area contributed by atoms with E-state index in [1.165, 1.54) is 11.6 Å². The lowest BCUT2D eigenvalue weighted by Crippen LogP contribution is -2.57.